The summed E-state index contributed by atoms with van der Waals surface area (Å²) in [7, 11) is 1.58. The summed E-state index contributed by atoms with van der Waals surface area (Å²) in [6, 6.07) is 11.4. The third-order valence-corrected chi connectivity index (χ3v) is 4.12. The Morgan fingerprint density at radius 3 is 2.72 bits per heavy atom. The molecule has 1 aliphatic heterocycles. The van der Waals surface area contributed by atoms with Gasteiger partial charge in [-0.25, -0.2) is 0 Å². The lowest BCUT2D eigenvalue weighted by atomic mass is 9.96. The lowest BCUT2D eigenvalue weighted by molar-refractivity contribution is -0.132. The number of hydrogen-bond acceptors (Lipinski definition) is 5. The second-order valence-electron chi connectivity index (χ2n) is 5.85. The van der Waals surface area contributed by atoms with Gasteiger partial charge in [0, 0.05) is 24.6 Å². The monoisotopic (exact) mass is 342 g/mol. The van der Waals surface area contributed by atoms with Gasteiger partial charge in [0.2, 0.25) is 0 Å². The molecule has 0 saturated heterocycles. The van der Waals surface area contributed by atoms with Crippen LogP contribution in [0.15, 0.2) is 36.4 Å². The molecule has 0 N–H and O–H groups in total. The van der Waals surface area contributed by atoms with E-state index in [1.54, 1.807) is 13.2 Å². The molecule has 0 aliphatic carbocycles. The van der Waals surface area contributed by atoms with Crippen LogP contribution in [0.5, 0.6) is 23.0 Å². The predicted octanol–water partition coefficient (Wildman–Crippen LogP) is 4.09. The average Bonchev–Trinajstić information content (AvgIpc) is 2.61. The van der Waals surface area contributed by atoms with Crippen molar-refractivity contribution in [2.75, 3.05) is 13.7 Å². The fraction of sp³-hybridized carbons (Fsp3) is 0.350. The SMILES string of the molecule is CCOc1ccc2c(c1)OC(c1ccc(OC)cc1OC(C)=O)CC2. The van der Waals surface area contributed by atoms with Gasteiger partial charge in [-0.2, -0.15) is 0 Å². The van der Waals surface area contributed by atoms with E-state index in [4.69, 9.17) is 18.9 Å². The van der Waals surface area contributed by atoms with Crippen molar-refractivity contribution in [2.45, 2.75) is 32.8 Å². The Bertz CT molecular complexity index is 769. The normalized spacial score (nSPS) is 15.7. The van der Waals surface area contributed by atoms with Crippen LogP contribution in [0.4, 0.5) is 0 Å². The molecule has 1 heterocycles. The minimum Gasteiger partial charge on any atom is -0.497 e. The lowest BCUT2D eigenvalue weighted by Crippen LogP contribution is -2.17. The van der Waals surface area contributed by atoms with Crippen molar-refractivity contribution in [1.82, 2.24) is 0 Å². The molecule has 132 valence electrons. The smallest absolute Gasteiger partial charge is 0.308 e. The first kappa shape index (κ1) is 17.1. The van der Waals surface area contributed by atoms with E-state index in [1.807, 2.05) is 37.3 Å². The van der Waals surface area contributed by atoms with E-state index in [0.717, 1.165) is 35.5 Å². The Labute approximate surface area is 147 Å². The molecule has 0 bridgehead atoms. The fourth-order valence-corrected chi connectivity index (χ4v) is 2.98. The highest BCUT2D eigenvalue weighted by Crippen LogP contribution is 2.40. The number of esters is 1. The van der Waals surface area contributed by atoms with Gasteiger partial charge in [0.05, 0.1) is 13.7 Å². The van der Waals surface area contributed by atoms with Crippen LogP contribution < -0.4 is 18.9 Å². The summed E-state index contributed by atoms with van der Waals surface area (Å²) >= 11 is 0. The summed E-state index contributed by atoms with van der Waals surface area (Å²) in [4.78, 5) is 11.4. The minimum absolute atomic E-state index is 0.190. The Morgan fingerprint density at radius 1 is 1.20 bits per heavy atom. The molecule has 1 aliphatic rings. The molecule has 25 heavy (non-hydrogen) atoms. The van der Waals surface area contributed by atoms with Gasteiger partial charge in [0.1, 0.15) is 29.1 Å². The van der Waals surface area contributed by atoms with Gasteiger partial charge in [-0.05, 0) is 43.5 Å². The summed E-state index contributed by atoms with van der Waals surface area (Å²) in [6.07, 6.45) is 1.50. The first-order valence-corrected chi connectivity index (χ1v) is 8.39. The zero-order chi connectivity index (χ0) is 17.8. The molecule has 0 spiro atoms. The third kappa shape index (κ3) is 3.87. The Balaban J connectivity index is 1.90. The molecule has 0 radical (unpaired) electrons. The van der Waals surface area contributed by atoms with Gasteiger partial charge in [-0.15, -0.1) is 0 Å². The zero-order valence-electron chi connectivity index (χ0n) is 14.7. The highest BCUT2D eigenvalue weighted by molar-refractivity contribution is 5.70. The summed E-state index contributed by atoms with van der Waals surface area (Å²) < 4.78 is 22.3. The Morgan fingerprint density at radius 2 is 2.00 bits per heavy atom. The molecule has 2 aromatic carbocycles. The van der Waals surface area contributed by atoms with Crippen LogP contribution in [0.2, 0.25) is 0 Å². The third-order valence-electron chi connectivity index (χ3n) is 4.12. The first-order chi connectivity index (χ1) is 12.1. The second-order valence-corrected chi connectivity index (χ2v) is 5.85. The molecule has 0 fully saturated rings. The predicted molar refractivity (Wildman–Crippen MR) is 93.6 cm³/mol. The van der Waals surface area contributed by atoms with Crippen molar-refractivity contribution in [3.8, 4) is 23.0 Å². The van der Waals surface area contributed by atoms with Crippen molar-refractivity contribution in [3.05, 3.63) is 47.5 Å². The van der Waals surface area contributed by atoms with Crippen molar-refractivity contribution in [1.29, 1.82) is 0 Å². The second kappa shape index (κ2) is 7.47. The molecule has 5 heteroatoms. The molecule has 0 aromatic heterocycles. The van der Waals surface area contributed by atoms with Gasteiger partial charge in [-0.1, -0.05) is 6.07 Å². The highest BCUT2D eigenvalue weighted by Gasteiger charge is 2.25. The molecule has 1 atom stereocenters. The van der Waals surface area contributed by atoms with E-state index in [1.165, 1.54) is 6.92 Å². The number of methoxy groups -OCH3 is 1. The molecule has 2 aromatic rings. The maximum absolute atomic E-state index is 11.4. The molecule has 1 unspecified atom stereocenters. The molecule has 0 saturated carbocycles. The standard InChI is InChI=1S/C20H22O5/c1-4-23-16-7-5-14-6-10-18(25-19(14)12-16)17-9-8-15(22-3)11-20(17)24-13(2)21/h5,7-9,11-12,18H,4,6,10H2,1-3H3. The van der Waals surface area contributed by atoms with Crippen molar-refractivity contribution in [3.63, 3.8) is 0 Å². The number of fused-ring (bicyclic) bond motifs is 1. The van der Waals surface area contributed by atoms with Gasteiger partial charge in [-0.3, -0.25) is 4.79 Å². The van der Waals surface area contributed by atoms with Crippen molar-refractivity contribution < 1.29 is 23.7 Å². The first-order valence-electron chi connectivity index (χ1n) is 8.39. The number of carbonyl (C=O) groups excluding carboxylic acids is 1. The van der Waals surface area contributed by atoms with Gasteiger partial charge in [0.25, 0.3) is 0 Å². The van der Waals surface area contributed by atoms with Gasteiger partial charge < -0.3 is 18.9 Å². The summed E-state index contributed by atoms with van der Waals surface area (Å²) in [5.74, 6) is 2.34. The number of rotatable bonds is 5. The maximum Gasteiger partial charge on any atom is 0.308 e. The van der Waals surface area contributed by atoms with Gasteiger partial charge >= 0.3 is 5.97 Å². The number of ether oxygens (including phenoxy) is 4. The van der Waals surface area contributed by atoms with E-state index < -0.39 is 0 Å². The average molecular weight is 342 g/mol. The Kier molecular flexibility index (Phi) is 5.12. The Hall–Kier alpha value is -2.69. The number of aryl methyl sites for hydroxylation is 1. The van der Waals surface area contributed by atoms with Gasteiger partial charge in [0.15, 0.2) is 0 Å². The summed E-state index contributed by atoms with van der Waals surface area (Å²) in [5.41, 5.74) is 1.99. The van der Waals surface area contributed by atoms with Crippen LogP contribution in [-0.4, -0.2) is 19.7 Å². The highest BCUT2D eigenvalue weighted by atomic mass is 16.5. The minimum atomic E-state index is -0.371. The fourth-order valence-electron chi connectivity index (χ4n) is 2.98. The summed E-state index contributed by atoms with van der Waals surface area (Å²) in [5, 5.41) is 0. The number of hydrogen-bond donors (Lipinski definition) is 0. The van der Waals surface area contributed by atoms with Crippen LogP contribution in [0.3, 0.4) is 0 Å². The molecular weight excluding hydrogens is 320 g/mol. The van der Waals surface area contributed by atoms with Crippen LogP contribution in [-0.2, 0) is 11.2 Å². The zero-order valence-corrected chi connectivity index (χ0v) is 14.7. The maximum atomic E-state index is 11.4. The molecular formula is C20H22O5. The topological polar surface area (TPSA) is 54.0 Å². The van der Waals surface area contributed by atoms with Crippen LogP contribution in [0.25, 0.3) is 0 Å². The van der Waals surface area contributed by atoms with E-state index in [0.29, 0.717) is 18.1 Å². The van der Waals surface area contributed by atoms with E-state index in [9.17, 15) is 4.79 Å². The van der Waals surface area contributed by atoms with Crippen LogP contribution in [0.1, 0.15) is 37.5 Å². The van der Waals surface area contributed by atoms with Crippen LogP contribution in [0, 0.1) is 0 Å². The van der Waals surface area contributed by atoms with E-state index in [2.05, 4.69) is 0 Å². The van der Waals surface area contributed by atoms with Crippen molar-refractivity contribution >= 4 is 5.97 Å². The molecule has 5 nitrogen and oxygen atoms in total. The van der Waals surface area contributed by atoms with Crippen LogP contribution >= 0.6 is 0 Å². The largest absolute Gasteiger partial charge is 0.497 e. The molecule has 3 rings (SSSR count). The van der Waals surface area contributed by atoms with Crippen molar-refractivity contribution in [2.24, 2.45) is 0 Å². The lowest BCUT2D eigenvalue weighted by Gasteiger charge is -2.28. The number of benzene rings is 2. The van der Waals surface area contributed by atoms with E-state index >= 15 is 0 Å². The number of carbonyl (C=O) groups is 1. The van der Waals surface area contributed by atoms with E-state index in [-0.39, 0.29) is 12.1 Å². The molecule has 0 amide bonds. The quantitative estimate of drug-likeness (QED) is 0.605. The summed E-state index contributed by atoms with van der Waals surface area (Å²) in [6.45, 7) is 3.94.